The van der Waals surface area contributed by atoms with E-state index in [0.717, 1.165) is 83.5 Å². The van der Waals surface area contributed by atoms with Crippen LogP contribution in [-0.2, 0) is 14.3 Å². The molecule has 1 aliphatic heterocycles. The van der Waals surface area contributed by atoms with Crippen LogP contribution in [0.25, 0.3) is 0 Å². The van der Waals surface area contributed by atoms with Crippen molar-refractivity contribution in [3.05, 3.63) is 97.2 Å². The van der Waals surface area contributed by atoms with Crippen LogP contribution >= 0.6 is 0 Å². The topological polar surface area (TPSA) is 149 Å². The first-order valence-corrected chi connectivity index (χ1v) is 40.0. The summed E-state index contributed by atoms with van der Waals surface area (Å²) in [6, 6.07) is -0.811. The fraction of sp³-hybridized carbons (Fsp3) is 0.798. The number of hydrogen-bond donors (Lipinski definition) is 6. The first-order valence-electron chi connectivity index (χ1n) is 40.0. The highest BCUT2D eigenvalue weighted by molar-refractivity contribution is 5.76. The first-order chi connectivity index (χ1) is 45.8. The van der Waals surface area contributed by atoms with Gasteiger partial charge in [0.2, 0.25) is 5.91 Å². The molecule has 0 aromatic carbocycles. The number of aliphatic hydroxyl groups is 5. The van der Waals surface area contributed by atoms with Gasteiger partial charge in [-0.1, -0.05) is 387 Å². The van der Waals surface area contributed by atoms with E-state index in [1.165, 1.54) is 270 Å². The molecule has 0 aromatic rings. The Bertz CT molecular complexity index is 1800. The number of rotatable bonds is 70. The highest BCUT2D eigenvalue weighted by atomic mass is 16.7. The summed E-state index contributed by atoms with van der Waals surface area (Å²) < 4.78 is 11.3. The van der Waals surface area contributed by atoms with E-state index in [1.54, 1.807) is 6.08 Å². The maximum atomic E-state index is 13.2. The Morgan fingerprint density at radius 2 is 0.667 bits per heavy atom. The number of allylic oxidation sites excluding steroid dienone is 15. The third kappa shape index (κ3) is 60.1. The molecule has 0 aromatic heterocycles. The van der Waals surface area contributed by atoms with Crippen molar-refractivity contribution in [2.24, 2.45) is 0 Å². The predicted octanol–water partition coefficient (Wildman–Crippen LogP) is 23.0. The number of hydrogen-bond acceptors (Lipinski definition) is 8. The average molecular weight is 1300 g/mol. The van der Waals surface area contributed by atoms with Crippen LogP contribution in [0.2, 0.25) is 0 Å². The Labute approximate surface area is 574 Å². The molecule has 1 fully saturated rings. The second-order valence-corrected chi connectivity index (χ2v) is 27.5. The quantitative estimate of drug-likeness (QED) is 0.0261. The van der Waals surface area contributed by atoms with Gasteiger partial charge in [0.25, 0.3) is 0 Å². The third-order valence-corrected chi connectivity index (χ3v) is 18.7. The van der Waals surface area contributed by atoms with Gasteiger partial charge < -0.3 is 40.3 Å². The fourth-order valence-corrected chi connectivity index (χ4v) is 12.5. The van der Waals surface area contributed by atoms with Gasteiger partial charge in [0.05, 0.1) is 25.4 Å². The predicted molar refractivity (Wildman–Crippen MR) is 401 cm³/mol. The van der Waals surface area contributed by atoms with Crippen LogP contribution in [-0.4, -0.2) is 87.5 Å². The van der Waals surface area contributed by atoms with Crippen LogP contribution in [0.5, 0.6) is 0 Å². The average Bonchev–Trinajstić information content (AvgIpc) is 1.02. The molecular formula is C84H151NO8. The zero-order valence-electron chi connectivity index (χ0n) is 60.8. The number of amides is 1. The summed E-state index contributed by atoms with van der Waals surface area (Å²) >= 11 is 0. The molecule has 0 spiro atoms. The van der Waals surface area contributed by atoms with E-state index >= 15 is 0 Å². The van der Waals surface area contributed by atoms with E-state index in [2.05, 4.69) is 104 Å². The van der Waals surface area contributed by atoms with E-state index in [-0.39, 0.29) is 12.5 Å². The maximum absolute atomic E-state index is 13.2. The van der Waals surface area contributed by atoms with E-state index in [4.69, 9.17) is 9.47 Å². The molecule has 0 saturated carbocycles. The van der Waals surface area contributed by atoms with Crippen LogP contribution in [0, 0.1) is 0 Å². The lowest BCUT2D eigenvalue weighted by Crippen LogP contribution is -2.60. The van der Waals surface area contributed by atoms with Crippen LogP contribution in [0.3, 0.4) is 0 Å². The highest BCUT2D eigenvalue weighted by Gasteiger charge is 2.44. The summed E-state index contributed by atoms with van der Waals surface area (Å²) in [6.07, 6.45) is 98.3. The number of carbonyl (C=O) groups excluding carboxylic acids is 1. The fourth-order valence-electron chi connectivity index (χ4n) is 12.5. The van der Waals surface area contributed by atoms with Crippen LogP contribution in [0.4, 0.5) is 0 Å². The van der Waals surface area contributed by atoms with Crippen molar-refractivity contribution in [1.82, 2.24) is 5.32 Å². The van der Waals surface area contributed by atoms with Gasteiger partial charge in [0, 0.05) is 6.42 Å². The summed E-state index contributed by atoms with van der Waals surface area (Å²) in [7, 11) is 0. The zero-order valence-corrected chi connectivity index (χ0v) is 60.8. The van der Waals surface area contributed by atoms with Crippen molar-refractivity contribution in [3.8, 4) is 0 Å². The molecule has 0 aliphatic carbocycles. The van der Waals surface area contributed by atoms with Crippen molar-refractivity contribution < 1.29 is 39.8 Å². The molecule has 1 amide bonds. The maximum Gasteiger partial charge on any atom is 0.220 e. The number of aliphatic hydroxyl groups excluding tert-OH is 5. The second-order valence-electron chi connectivity index (χ2n) is 27.5. The number of unbranched alkanes of at least 4 members (excludes halogenated alkanes) is 46. The summed E-state index contributed by atoms with van der Waals surface area (Å²) in [5.74, 6) is -0.173. The molecule has 6 N–H and O–H groups in total. The molecule has 1 heterocycles. The SMILES string of the molecule is CC/C=C\C/C=C\C/C=C\C/C=C\C/C=C\C/C=C\C/C=C\CCCCCCCCCCCCCCCCCCCC(=O)NC(COC1OC(CO)C(O)C(O)C1O)C(O)/C=C/CCCCCCCCCCCCCCCCCCCCCCCCCCCCCCC. The van der Waals surface area contributed by atoms with Crippen molar-refractivity contribution >= 4 is 5.91 Å². The van der Waals surface area contributed by atoms with Gasteiger partial charge in [-0.25, -0.2) is 0 Å². The minimum Gasteiger partial charge on any atom is -0.394 e. The molecule has 540 valence electrons. The lowest BCUT2D eigenvalue weighted by molar-refractivity contribution is -0.302. The van der Waals surface area contributed by atoms with E-state index in [0.29, 0.717) is 6.42 Å². The van der Waals surface area contributed by atoms with Crippen LogP contribution < -0.4 is 5.32 Å². The van der Waals surface area contributed by atoms with Gasteiger partial charge in [-0.2, -0.15) is 0 Å². The number of nitrogens with one attached hydrogen (secondary N) is 1. The van der Waals surface area contributed by atoms with Crippen molar-refractivity contribution in [1.29, 1.82) is 0 Å². The number of ether oxygens (including phenoxy) is 2. The van der Waals surface area contributed by atoms with Crippen molar-refractivity contribution in [2.45, 2.75) is 416 Å². The first kappa shape index (κ1) is 88.1. The normalized spacial score (nSPS) is 18.1. The Balaban J connectivity index is 2.08. The molecule has 7 atom stereocenters. The minimum atomic E-state index is -1.57. The summed E-state index contributed by atoms with van der Waals surface area (Å²) in [5.41, 5.74) is 0. The molecule has 1 rings (SSSR count). The van der Waals surface area contributed by atoms with Gasteiger partial charge in [-0.3, -0.25) is 4.79 Å². The van der Waals surface area contributed by atoms with Gasteiger partial charge >= 0.3 is 0 Å². The zero-order chi connectivity index (χ0) is 67.1. The monoisotopic (exact) mass is 1300 g/mol. The Kier molecular flexibility index (Phi) is 68.1. The van der Waals surface area contributed by atoms with Gasteiger partial charge in [0.1, 0.15) is 24.4 Å². The molecule has 1 saturated heterocycles. The molecule has 9 nitrogen and oxygen atoms in total. The van der Waals surface area contributed by atoms with Crippen molar-refractivity contribution in [2.75, 3.05) is 13.2 Å². The molecule has 93 heavy (non-hydrogen) atoms. The van der Waals surface area contributed by atoms with Crippen LogP contribution in [0.1, 0.15) is 373 Å². The lowest BCUT2D eigenvalue weighted by atomic mass is 9.99. The summed E-state index contributed by atoms with van der Waals surface area (Å²) in [6.45, 7) is 3.71. The van der Waals surface area contributed by atoms with Gasteiger partial charge in [-0.15, -0.1) is 0 Å². The minimum absolute atomic E-state index is 0.173. The van der Waals surface area contributed by atoms with Gasteiger partial charge in [0.15, 0.2) is 6.29 Å². The number of carbonyl (C=O) groups is 1. The van der Waals surface area contributed by atoms with E-state index < -0.39 is 49.5 Å². The highest BCUT2D eigenvalue weighted by Crippen LogP contribution is 2.24. The largest absolute Gasteiger partial charge is 0.394 e. The molecule has 7 unspecified atom stereocenters. The summed E-state index contributed by atoms with van der Waals surface area (Å²) in [4.78, 5) is 13.2. The summed E-state index contributed by atoms with van der Waals surface area (Å²) in [5, 5.41) is 54.9. The molecule has 0 bridgehead atoms. The lowest BCUT2D eigenvalue weighted by Gasteiger charge is -2.40. The molecule has 1 aliphatic rings. The second kappa shape index (κ2) is 71.9. The molecule has 9 heteroatoms. The smallest absolute Gasteiger partial charge is 0.220 e. The van der Waals surface area contributed by atoms with Crippen molar-refractivity contribution in [3.63, 3.8) is 0 Å². The Morgan fingerprint density at radius 3 is 0.989 bits per heavy atom. The van der Waals surface area contributed by atoms with E-state index in [9.17, 15) is 30.3 Å². The van der Waals surface area contributed by atoms with Crippen LogP contribution in [0.15, 0.2) is 97.2 Å². The third-order valence-electron chi connectivity index (χ3n) is 18.7. The Morgan fingerprint density at radius 1 is 0.376 bits per heavy atom. The molecule has 0 radical (unpaired) electrons. The molecular weight excluding hydrogens is 1150 g/mol. The van der Waals surface area contributed by atoms with Gasteiger partial charge in [-0.05, 0) is 77.0 Å². The van der Waals surface area contributed by atoms with E-state index in [1.807, 2.05) is 6.08 Å². The standard InChI is InChI=1S/C84H151NO8/c1-3-5-7-9-11-13-15-17-19-21-23-25-27-29-31-33-35-36-37-38-39-40-41-42-44-46-48-50-52-54-56-58-60-62-64-66-68-70-72-74-80(88)85-77(76-92-84-83(91)82(90)81(89)79(75-86)93-84)78(87)73-71-69-67-65-63-61-59-57-55-53-51-49-47-45-43-34-32-30-28-26-24-22-20-18-16-14-12-10-8-6-4-2/h5,7,11,13,17,19,23,25,29,31,35-36,38-39,71,73,77-79,81-84,86-87,89-91H,3-4,6,8-10,12,14-16,18,20-22,24,26-28,30,32-34,37,40-70,72,74-76H2,1-2H3,(H,85,88)/b7-5-,13-11-,19-17-,25-23-,31-29-,36-35-,39-38-,73-71+. The Hall–Kier alpha value is -2.89.